The summed E-state index contributed by atoms with van der Waals surface area (Å²) in [5.74, 6) is 2.28. The molecule has 0 amide bonds. The molecule has 3 aromatic carbocycles. The van der Waals surface area contributed by atoms with Crippen molar-refractivity contribution in [2.45, 2.75) is 0 Å². The van der Waals surface area contributed by atoms with Gasteiger partial charge in [-0.05, 0) is 0 Å². The molecular formula is C26H28N2O6. The fourth-order valence-electron chi connectivity index (χ4n) is 3.23. The molecule has 0 bridgehead atoms. The number of carbonyl (C=O) groups is 2. The lowest BCUT2D eigenvalue weighted by Gasteiger charge is -2.11. The number of benzene rings is 3. The molecule has 0 atom stereocenters. The second kappa shape index (κ2) is 11.6. The number of ketones is 2. The molecule has 0 unspecified atom stereocenters. The van der Waals surface area contributed by atoms with E-state index in [0.717, 1.165) is 0 Å². The van der Waals surface area contributed by atoms with E-state index in [1.807, 2.05) is 0 Å². The maximum absolute atomic E-state index is 12.6. The van der Waals surface area contributed by atoms with E-state index in [9.17, 15) is 9.59 Å². The predicted octanol–water partition coefficient (Wildman–Crippen LogP) is 4.31. The zero-order chi connectivity index (χ0) is 24.5. The van der Waals surface area contributed by atoms with Gasteiger partial charge in [0.15, 0.2) is 11.6 Å². The van der Waals surface area contributed by atoms with E-state index in [0.29, 0.717) is 45.5 Å². The second-order valence-electron chi connectivity index (χ2n) is 7.33. The maximum atomic E-state index is 12.6. The van der Waals surface area contributed by atoms with Gasteiger partial charge in [0.25, 0.3) is 0 Å². The number of carbonyl (C=O) groups excluding carboxylic acids is 2. The van der Waals surface area contributed by atoms with E-state index < -0.39 is 0 Å². The first-order chi connectivity index (χ1) is 16.4. The van der Waals surface area contributed by atoms with Gasteiger partial charge < -0.3 is 29.6 Å². The van der Waals surface area contributed by atoms with Crippen molar-refractivity contribution < 1.29 is 28.5 Å². The predicted molar refractivity (Wildman–Crippen MR) is 131 cm³/mol. The highest BCUT2D eigenvalue weighted by Gasteiger charge is 2.11. The molecule has 0 aromatic heterocycles. The summed E-state index contributed by atoms with van der Waals surface area (Å²) in [6, 6.07) is 17.2. The first-order valence-electron chi connectivity index (χ1n) is 10.6. The lowest BCUT2D eigenvalue weighted by Crippen LogP contribution is -2.16. The molecule has 0 aliphatic carbocycles. The van der Waals surface area contributed by atoms with Crippen LogP contribution in [0.25, 0.3) is 0 Å². The van der Waals surface area contributed by atoms with Gasteiger partial charge in [0, 0.05) is 58.9 Å². The smallest absolute Gasteiger partial charge is 0.181 e. The van der Waals surface area contributed by atoms with Crippen LogP contribution in [0.3, 0.4) is 0 Å². The summed E-state index contributed by atoms with van der Waals surface area (Å²) in [7, 11) is 6.26. The third kappa shape index (κ3) is 6.41. The van der Waals surface area contributed by atoms with Crippen LogP contribution in [-0.4, -0.2) is 53.1 Å². The van der Waals surface area contributed by atoms with Crippen molar-refractivity contribution in [3.63, 3.8) is 0 Å². The second-order valence-corrected chi connectivity index (χ2v) is 7.33. The Bertz CT molecular complexity index is 1010. The van der Waals surface area contributed by atoms with Crippen LogP contribution in [0.2, 0.25) is 0 Å². The van der Waals surface area contributed by atoms with Crippen molar-refractivity contribution in [3.05, 3.63) is 71.8 Å². The monoisotopic (exact) mass is 464 g/mol. The van der Waals surface area contributed by atoms with Crippen LogP contribution < -0.4 is 29.6 Å². The Balaban J connectivity index is 1.58. The van der Waals surface area contributed by atoms with E-state index in [1.54, 1.807) is 89.1 Å². The molecule has 178 valence electrons. The fourth-order valence-corrected chi connectivity index (χ4v) is 3.23. The van der Waals surface area contributed by atoms with Crippen molar-refractivity contribution in [2.75, 3.05) is 52.2 Å². The standard InChI is InChI=1S/C26H28N2O6/c1-31-21-9-19(10-22(13-21)32-2)27-15-25(29)17-5-7-18(8-6-17)26(30)16-28-20-11-23(33-3)14-24(12-20)34-4/h5-14,27-28H,15-16H2,1-4H3. The van der Waals surface area contributed by atoms with Crippen LogP contribution in [0.1, 0.15) is 20.7 Å². The first-order valence-corrected chi connectivity index (χ1v) is 10.6. The lowest BCUT2D eigenvalue weighted by atomic mass is 10.1. The summed E-state index contributed by atoms with van der Waals surface area (Å²) in [6.45, 7) is 0.172. The third-order valence-electron chi connectivity index (χ3n) is 5.14. The molecule has 0 spiro atoms. The van der Waals surface area contributed by atoms with E-state index >= 15 is 0 Å². The fraction of sp³-hybridized carbons (Fsp3) is 0.231. The van der Waals surface area contributed by atoms with Gasteiger partial charge in [-0.15, -0.1) is 0 Å². The van der Waals surface area contributed by atoms with Gasteiger partial charge in [-0.2, -0.15) is 0 Å². The normalized spacial score (nSPS) is 10.2. The van der Waals surface area contributed by atoms with Crippen LogP contribution in [-0.2, 0) is 0 Å². The van der Waals surface area contributed by atoms with Crippen molar-refractivity contribution >= 4 is 22.9 Å². The Morgan fingerprint density at radius 2 is 0.853 bits per heavy atom. The van der Waals surface area contributed by atoms with Gasteiger partial charge in [0.05, 0.1) is 41.5 Å². The molecule has 0 aliphatic rings. The number of anilines is 2. The largest absolute Gasteiger partial charge is 0.497 e. The molecule has 8 nitrogen and oxygen atoms in total. The molecule has 2 N–H and O–H groups in total. The van der Waals surface area contributed by atoms with Crippen molar-refractivity contribution in [1.29, 1.82) is 0 Å². The Labute approximate surface area is 198 Å². The quantitative estimate of drug-likeness (QED) is 0.383. The molecule has 34 heavy (non-hydrogen) atoms. The molecule has 0 saturated carbocycles. The molecule has 0 fully saturated rings. The minimum absolute atomic E-state index is 0.0862. The van der Waals surface area contributed by atoms with Gasteiger partial charge in [-0.3, -0.25) is 9.59 Å². The highest BCUT2D eigenvalue weighted by Crippen LogP contribution is 2.26. The Kier molecular flexibility index (Phi) is 8.34. The number of ether oxygens (including phenoxy) is 4. The van der Waals surface area contributed by atoms with Crippen molar-refractivity contribution in [3.8, 4) is 23.0 Å². The number of methoxy groups -OCH3 is 4. The zero-order valence-corrected chi connectivity index (χ0v) is 19.6. The molecular weight excluding hydrogens is 436 g/mol. The average molecular weight is 465 g/mol. The maximum Gasteiger partial charge on any atom is 0.181 e. The number of rotatable bonds is 12. The summed E-state index contributed by atoms with van der Waals surface area (Å²) in [5.41, 5.74) is 2.42. The van der Waals surface area contributed by atoms with E-state index in [-0.39, 0.29) is 24.7 Å². The van der Waals surface area contributed by atoms with Crippen molar-refractivity contribution in [2.24, 2.45) is 0 Å². The summed E-state index contributed by atoms with van der Waals surface area (Å²) in [5, 5.41) is 6.16. The Morgan fingerprint density at radius 1 is 0.559 bits per heavy atom. The number of hydrogen-bond acceptors (Lipinski definition) is 8. The van der Waals surface area contributed by atoms with Gasteiger partial charge in [-0.25, -0.2) is 0 Å². The molecule has 0 heterocycles. The SMILES string of the molecule is COc1cc(NCC(=O)c2ccc(C(=O)CNc3cc(OC)cc(OC)c3)cc2)cc(OC)c1. The van der Waals surface area contributed by atoms with Crippen LogP contribution in [0.15, 0.2) is 60.7 Å². The molecule has 0 radical (unpaired) electrons. The van der Waals surface area contributed by atoms with Crippen LogP contribution >= 0.6 is 0 Å². The minimum Gasteiger partial charge on any atom is -0.497 e. The summed E-state index contributed by atoms with van der Waals surface area (Å²) < 4.78 is 21.0. The Hall–Kier alpha value is -4.20. The van der Waals surface area contributed by atoms with Crippen molar-refractivity contribution in [1.82, 2.24) is 0 Å². The molecule has 3 rings (SSSR count). The zero-order valence-electron chi connectivity index (χ0n) is 19.6. The highest BCUT2D eigenvalue weighted by atomic mass is 16.5. The summed E-state index contributed by atoms with van der Waals surface area (Å²) in [6.07, 6.45) is 0. The van der Waals surface area contributed by atoms with Gasteiger partial charge in [0.1, 0.15) is 23.0 Å². The molecule has 0 aliphatic heterocycles. The van der Waals surface area contributed by atoms with E-state index in [2.05, 4.69) is 10.6 Å². The van der Waals surface area contributed by atoms with Gasteiger partial charge >= 0.3 is 0 Å². The number of Topliss-reactive ketones (excluding diaryl/α,β-unsaturated/α-hetero) is 2. The summed E-state index contributed by atoms with van der Waals surface area (Å²) >= 11 is 0. The third-order valence-corrected chi connectivity index (χ3v) is 5.14. The average Bonchev–Trinajstić information content (AvgIpc) is 2.89. The molecule has 8 heteroatoms. The topological polar surface area (TPSA) is 95.1 Å². The summed E-state index contributed by atoms with van der Waals surface area (Å²) in [4.78, 5) is 25.2. The molecule has 0 saturated heterocycles. The van der Waals surface area contributed by atoms with E-state index in [1.165, 1.54) is 0 Å². The minimum atomic E-state index is -0.109. The van der Waals surface area contributed by atoms with Crippen LogP contribution in [0.4, 0.5) is 11.4 Å². The lowest BCUT2D eigenvalue weighted by molar-refractivity contribution is 0.0994. The Morgan fingerprint density at radius 3 is 1.12 bits per heavy atom. The number of hydrogen-bond donors (Lipinski definition) is 2. The van der Waals surface area contributed by atoms with Gasteiger partial charge in [-0.1, -0.05) is 24.3 Å². The first kappa shape index (κ1) is 24.4. The van der Waals surface area contributed by atoms with Gasteiger partial charge in [0.2, 0.25) is 0 Å². The number of nitrogens with one attached hydrogen (secondary N) is 2. The highest BCUT2D eigenvalue weighted by molar-refractivity contribution is 6.02. The molecule has 3 aromatic rings. The van der Waals surface area contributed by atoms with Crippen LogP contribution in [0.5, 0.6) is 23.0 Å². The van der Waals surface area contributed by atoms with Crippen LogP contribution in [0, 0.1) is 0 Å². The van der Waals surface area contributed by atoms with E-state index in [4.69, 9.17) is 18.9 Å².